The number of nitrogens with zero attached hydrogens (tertiary/aromatic N) is 3. The van der Waals surface area contributed by atoms with Crippen molar-refractivity contribution in [3.8, 4) is 17.5 Å². The summed E-state index contributed by atoms with van der Waals surface area (Å²) in [5.74, 6) is 0.202. The molecule has 0 bridgehead atoms. The van der Waals surface area contributed by atoms with Gasteiger partial charge in [-0.25, -0.2) is 9.37 Å². The fourth-order valence-corrected chi connectivity index (χ4v) is 3.72. The standard InChI is InChI=1S/C20H14FN5O/c21-19-11(8-22)1-3-13-14(19)4-6-16(13)24-12-2-5-17-15(7-12)20(26-25-17)18-9-23-10-27-18/h1-3,5,7,9-10,16,24H,4,6H2,(H,25,26). The van der Waals surface area contributed by atoms with E-state index in [2.05, 4.69) is 20.5 Å². The van der Waals surface area contributed by atoms with Crippen molar-refractivity contribution in [3.05, 3.63) is 65.4 Å². The summed E-state index contributed by atoms with van der Waals surface area (Å²) in [4.78, 5) is 3.94. The summed E-state index contributed by atoms with van der Waals surface area (Å²) < 4.78 is 19.7. The van der Waals surface area contributed by atoms with Gasteiger partial charge in [0.1, 0.15) is 17.6 Å². The minimum atomic E-state index is -0.391. The van der Waals surface area contributed by atoms with Gasteiger partial charge in [0.15, 0.2) is 12.2 Å². The van der Waals surface area contributed by atoms with E-state index in [0.717, 1.165) is 28.6 Å². The Morgan fingerprint density at radius 1 is 1.30 bits per heavy atom. The number of nitriles is 1. The molecule has 4 aromatic rings. The van der Waals surface area contributed by atoms with E-state index in [0.29, 0.717) is 23.4 Å². The van der Waals surface area contributed by atoms with Crippen molar-refractivity contribution in [2.75, 3.05) is 5.32 Å². The third kappa shape index (κ3) is 2.46. The average Bonchev–Trinajstić information content (AvgIpc) is 3.41. The average molecular weight is 359 g/mol. The van der Waals surface area contributed by atoms with E-state index < -0.39 is 5.82 Å². The van der Waals surface area contributed by atoms with Gasteiger partial charge in [-0.2, -0.15) is 10.4 Å². The summed E-state index contributed by atoms with van der Waals surface area (Å²) in [7, 11) is 0. The molecule has 2 heterocycles. The van der Waals surface area contributed by atoms with Crippen molar-refractivity contribution in [1.29, 1.82) is 5.26 Å². The van der Waals surface area contributed by atoms with Crippen LogP contribution in [0.25, 0.3) is 22.4 Å². The predicted molar refractivity (Wildman–Crippen MR) is 97.4 cm³/mol. The highest BCUT2D eigenvalue weighted by Crippen LogP contribution is 2.37. The second-order valence-corrected chi connectivity index (χ2v) is 6.54. The molecule has 27 heavy (non-hydrogen) atoms. The van der Waals surface area contributed by atoms with Crippen molar-refractivity contribution in [2.24, 2.45) is 0 Å². The molecule has 2 aromatic carbocycles. The monoisotopic (exact) mass is 359 g/mol. The fraction of sp³-hybridized carbons (Fsp3) is 0.150. The van der Waals surface area contributed by atoms with Crippen LogP contribution in [0.1, 0.15) is 29.2 Å². The molecule has 0 saturated carbocycles. The molecule has 7 heteroatoms. The van der Waals surface area contributed by atoms with Gasteiger partial charge in [-0.3, -0.25) is 5.10 Å². The molecule has 0 spiro atoms. The molecule has 6 nitrogen and oxygen atoms in total. The molecule has 0 radical (unpaired) electrons. The van der Waals surface area contributed by atoms with Gasteiger partial charge >= 0.3 is 0 Å². The first kappa shape index (κ1) is 15.6. The Labute approximate surface area is 153 Å². The van der Waals surface area contributed by atoms with Gasteiger partial charge < -0.3 is 9.73 Å². The summed E-state index contributed by atoms with van der Waals surface area (Å²) in [6.07, 6.45) is 4.39. The first-order chi connectivity index (χ1) is 13.2. The van der Waals surface area contributed by atoms with Crippen LogP contribution in [0.5, 0.6) is 0 Å². The zero-order valence-corrected chi connectivity index (χ0v) is 14.2. The zero-order valence-electron chi connectivity index (χ0n) is 14.2. The van der Waals surface area contributed by atoms with Crippen molar-refractivity contribution in [1.82, 2.24) is 15.2 Å². The van der Waals surface area contributed by atoms with Gasteiger partial charge in [0.05, 0.1) is 23.3 Å². The zero-order chi connectivity index (χ0) is 18.4. The Morgan fingerprint density at radius 3 is 3.04 bits per heavy atom. The quantitative estimate of drug-likeness (QED) is 0.568. The number of rotatable bonds is 3. The lowest BCUT2D eigenvalue weighted by Gasteiger charge is -2.16. The van der Waals surface area contributed by atoms with Crippen LogP contribution in [0.15, 0.2) is 47.3 Å². The minimum absolute atomic E-state index is 0.000299. The number of hydrogen-bond donors (Lipinski definition) is 2. The van der Waals surface area contributed by atoms with Gasteiger partial charge in [0, 0.05) is 11.1 Å². The van der Waals surface area contributed by atoms with Crippen molar-refractivity contribution >= 4 is 16.6 Å². The molecule has 1 aliphatic rings. The molecule has 2 aromatic heterocycles. The normalized spacial score (nSPS) is 15.6. The van der Waals surface area contributed by atoms with Crippen LogP contribution in [0.2, 0.25) is 0 Å². The lowest BCUT2D eigenvalue weighted by atomic mass is 10.0. The smallest absolute Gasteiger partial charge is 0.181 e. The summed E-state index contributed by atoms with van der Waals surface area (Å²) >= 11 is 0. The molecule has 0 saturated heterocycles. The Kier molecular flexibility index (Phi) is 3.44. The number of benzene rings is 2. The van der Waals surface area contributed by atoms with Crippen LogP contribution in [-0.2, 0) is 6.42 Å². The Hall–Kier alpha value is -3.66. The number of H-pyrrole nitrogens is 1. The van der Waals surface area contributed by atoms with Crippen molar-refractivity contribution in [2.45, 2.75) is 18.9 Å². The van der Waals surface area contributed by atoms with Gasteiger partial charge in [-0.1, -0.05) is 6.07 Å². The highest BCUT2D eigenvalue weighted by atomic mass is 19.1. The molecule has 0 aliphatic heterocycles. The topological polar surface area (TPSA) is 90.5 Å². The maximum atomic E-state index is 14.4. The number of oxazole rings is 1. The van der Waals surface area contributed by atoms with Crippen molar-refractivity contribution in [3.63, 3.8) is 0 Å². The van der Waals surface area contributed by atoms with Gasteiger partial charge in [-0.15, -0.1) is 0 Å². The lowest BCUT2D eigenvalue weighted by molar-refractivity contribution is 0.570. The highest BCUT2D eigenvalue weighted by Gasteiger charge is 2.26. The molecular formula is C20H14FN5O. The number of aromatic amines is 1. The van der Waals surface area contributed by atoms with E-state index in [-0.39, 0.29) is 11.6 Å². The molecule has 2 N–H and O–H groups in total. The maximum absolute atomic E-state index is 14.4. The summed E-state index contributed by atoms with van der Waals surface area (Å²) in [5, 5.41) is 20.7. The second kappa shape index (κ2) is 5.95. The number of anilines is 1. The third-order valence-corrected chi connectivity index (χ3v) is 5.03. The van der Waals surface area contributed by atoms with E-state index in [4.69, 9.17) is 9.68 Å². The van der Waals surface area contributed by atoms with Crippen LogP contribution < -0.4 is 5.32 Å². The molecule has 0 fully saturated rings. The van der Waals surface area contributed by atoms with Crippen LogP contribution in [0.3, 0.4) is 0 Å². The van der Waals surface area contributed by atoms with Gasteiger partial charge in [-0.05, 0) is 48.2 Å². The third-order valence-electron chi connectivity index (χ3n) is 5.03. The molecule has 1 atom stereocenters. The first-order valence-corrected chi connectivity index (χ1v) is 8.59. The Morgan fingerprint density at radius 2 is 2.22 bits per heavy atom. The molecular weight excluding hydrogens is 345 g/mol. The fourth-order valence-electron chi connectivity index (χ4n) is 3.72. The van der Waals surface area contributed by atoms with Crippen LogP contribution in [-0.4, -0.2) is 15.2 Å². The molecule has 5 rings (SSSR count). The number of nitrogens with one attached hydrogen (secondary N) is 2. The Bertz CT molecular complexity index is 1190. The largest absolute Gasteiger partial charge is 0.442 e. The van der Waals surface area contributed by atoms with Crippen molar-refractivity contribution < 1.29 is 8.81 Å². The van der Waals surface area contributed by atoms with Gasteiger partial charge in [0.25, 0.3) is 0 Å². The Balaban J connectivity index is 1.49. The van der Waals surface area contributed by atoms with Crippen LogP contribution in [0.4, 0.5) is 10.1 Å². The number of fused-ring (bicyclic) bond motifs is 2. The number of aromatic nitrogens is 3. The van der Waals surface area contributed by atoms with E-state index in [1.807, 2.05) is 30.3 Å². The second-order valence-electron chi connectivity index (χ2n) is 6.54. The highest BCUT2D eigenvalue weighted by molar-refractivity contribution is 5.93. The van der Waals surface area contributed by atoms with E-state index in [1.54, 1.807) is 12.3 Å². The predicted octanol–water partition coefficient (Wildman–Crippen LogP) is 4.33. The van der Waals surface area contributed by atoms with E-state index >= 15 is 0 Å². The molecule has 1 unspecified atom stereocenters. The minimum Gasteiger partial charge on any atom is -0.442 e. The first-order valence-electron chi connectivity index (χ1n) is 8.59. The van der Waals surface area contributed by atoms with Gasteiger partial charge in [0.2, 0.25) is 0 Å². The van der Waals surface area contributed by atoms with Crippen LogP contribution >= 0.6 is 0 Å². The van der Waals surface area contributed by atoms with Crippen LogP contribution in [0, 0.1) is 17.1 Å². The molecule has 132 valence electrons. The summed E-state index contributed by atoms with van der Waals surface area (Å²) in [6, 6.07) is 11.2. The van der Waals surface area contributed by atoms with E-state index in [9.17, 15) is 4.39 Å². The molecule has 0 amide bonds. The maximum Gasteiger partial charge on any atom is 0.181 e. The number of hydrogen-bond acceptors (Lipinski definition) is 5. The summed E-state index contributed by atoms with van der Waals surface area (Å²) in [6.45, 7) is 0. The van der Waals surface area contributed by atoms with E-state index in [1.165, 1.54) is 6.39 Å². The SMILES string of the molecule is N#Cc1ccc2c(c1F)CCC2Nc1ccc2[nH]nc(-c3cnco3)c2c1. The summed E-state index contributed by atoms with van der Waals surface area (Å²) in [5.41, 5.74) is 4.15. The lowest BCUT2D eigenvalue weighted by Crippen LogP contribution is -2.07. The molecule has 1 aliphatic carbocycles. The number of halogens is 1.